The first-order valence-corrected chi connectivity index (χ1v) is 5.47. The number of rotatable bonds is 2. The molecule has 2 aromatic heterocycles. The van der Waals surface area contributed by atoms with E-state index in [2.05, 4.69) is 35.9 Å². The molecule has 5 heteroatoms. The Bertz CT molecular complexity index is 513. The summed E-state index contributed by atoms with van der Waals surface area (Å²) in [5, 5.41) is 3.95. The van der Waals surface area contributed by atoms with Crippen LogP contribution in [0.1, 0.15) is 26.6 Å². The van der Waals surface area contributed by atoms with Gasteiger partial charge in [0.1, 0.15) is 0 Å². The molecule has 90 valence electrons. The number of nitrogens with two attached hydrogens (primary N) is 1. The van der Waals surface area contributed by atoms with Crippen LogP contribution in [0, 0.1) is 5.41 Å². The van der Waals surface area contributed by atoms with Gasteiger partial charge in [-0.15, -0.1) is 0 Å². The molecule has 0 aliphatic heterocycles. The average molecular weight is 232 g/mol. The van der Waals surface area contributed by atoms with Crippen LogP contribution in [0.4, 0.5) is 5.69 Å². The molecule has 0 saturated carbocycles. The Morgan fingerprint density at radius 3 is 2.71 bits per heavy atom. The maximum Gasteiger partial charge on any atom is 0.259 e. The molecule has 0 unspecified atom stereocenters. The number of nitrogen functional groups attached to an aromatic ring is 1. The second kappa shape index (κ2) is 4.16. The molecule has 0 amide bonds. The van der Waals surface area contributed by atoms with E-state index in [1.807, 2.05) is 0 Å². The molecule has 2 heterocycles. The highest BCUT2D eigenvalue weighted by Crippen LogP contribution is 2.22. The van der Waals surface area contributed by atoms with E-state index in [-0.39, 0.29) is 5.41 Å². The standard InChI is InChI=1S/C12H16N4O/c1-12(2,3)5-10-15-11(17-16-10)8-4-9(13)7-14-6-8/h4,6-7H,5,13H2,1-3H3. The topological polar surface area (TPSA) is 77.8 Å². The molecule has 0 spiro atoms. The number of nitrogens with zero attached hydrogens (tertiary/aromatic N) is 3. The molecular formula is C12H16N4O. The van der Waals surface area contributed by atoms with Gasteiger partial charge >= 0.3 is 0 Å². The quantitative estimate of drug-likeness (QED) is 0.859. The van der Waals surface area contributed by atoms with Crippen molar-refractivity contribution in [2.75, 3.05) is 5.73 Å². The molecule has 0 atom stereocenters. The highest BCUT2D eigenvalue weighted by Gasteiger charge is 2.16. The van der Waals surface area contributed by atoms with Crippen molar-refractivity contribution in [1.82, 2.24) is 15.1 Å². The van der Waals surface area contributed by atoms with Crippen LogP contribution in [0.2, 0.25) is 0 Å². The lowest BCUT2D eigenvalue weighted by Crippen LogP contribution is -2.10. The van der Waals surface area contributed by atoms with Gasteiger partial charge in [0.15, 0.2) is 5.82 Å². The molecule has 0 saturated heterocycles. The zero-order valence-corrected chi connectivity index (χ0v) is 10.3. The molecule has 0 fully saturated rings. The fourth-order valence-corrected chi connectivity index (χ4v) is 1.49. The van der Waals surface area contributed by atoms with Crippen molar-refractivity contribution in [2.45, 2.75) is 27.2 Å². The molecule has 5 nitrogen and oxygen atoms in total. The third kappa shape index (κ3) is 3.03. The fourth-order valence-electron chi connectivity index (χ4n) is 1.49. The zero-order valence-electron chi connectivity index (χ0n) is 10.3. The third-order valence-electron chi connectivity index (χ3n) is 2.16. The van der Waals surface area contributed by atoms with Crippen LogP contribution in [0.25, 0.3) is 11.5 Å². The number of aromatic nitrogens is 3. The van der Waals surface area contributed by atoms with Crippen LogP contribution in [-0.4, -0.2) is 15.1 Å². The first-order valence-electron chi connectivity index (χ1n) is 5.47. The molecule has 0 radical (unpaired) electrons. The van der Waals surface area contributed by atoms with Crippen molar-refractivity contribution < 1.29 is 4.52 Å². The van der Waals surface area contributed by atoms with Crippen molar-refractivity contribution in [3.63, 3.8) is 0 Å². The lowest BCUT2D eigenvalue weighted by atomic mass is 9.92. The Hall–Kier alpha value is -1.91. The van der Waals surface area contributed by atoms with E-state index in [0.717, 1.165) is 12.0 Å². The van der Waals surface area contributed by atoms with Gasteiger partial charge in [-0.25, -0.2) is 0 Å². The van der Waals surface area contributed by atoms with Gasteiger partial charge in [0.05, 0.1) is 11.3 Å². The Labute approximate surface area is 100 Å². The van der Waals surface area contributed by atoms with Gasteiger partial charge in [0.25, 0.3) is 5.89 Å². The van der Waals surface area contributed by atoms with E-state index < -0.39 is 0 Å². The highest BCUT2D eigenvalue weighted by molar-refractivity contribution is 5.57. The summed E-state index contributed by atoms with van der Waals surface area (Å²) < 4.78 is 5.19. The van der Waals surface area contributed by atoms with Gasteiger partial charge in [0.2, 0.25) is 0 Å². The molecule has 0 bridgehead atoms. The molecule has 2 N–H and O–H groups in total. The van der Waals surface area contributed by atoms with Crippen LogP contribution < -0.4 is 5.73 Å². The van der Waals surface area contributed by atoms with Crippen LogP contribution in [-0.2, 0) is 6.42 Å². The Morgan fingerprint density at radius 2 is 2.06 bits per heavy atom. The fraction of sp³-hybridized carbons (Fsp3) is 0.417. The SMILES string of the molecule is CC(C)(C)Cc1noc(-c2cncc(N)c2)n1. The number of hydrogen-bond acceptors (Lipinski definition) is 5. The molecule has 2 aromatic rings. The minimum atomic E-state index is 0.134. The van der Waals surface area contributed by atoms with E-state index >= 15 is 0 Å². The largest absolute Gasteiger partial charge is 0.397 e. The normalized spacial score (nSPS) is 11.7. The minimum absolute atomic E-state index is 0.134. The summed E-state index contributed by atoms with van der Waals surface area (Å²) in [6, 6.07) is 1.77. The number of anilines is 1. The molecule has 0 aromatic carbocycles. The number of pyridine rings is 1. The summed E-state index contributed by atoms with van der Waals surface area (Å²) in [6.45, 7) is 6.39. The summed E-state index contributed by atoms with van der Waals surface area (Å²) in [5.41, 5.74) is 7.12. The monoisotopic (exact) mass is 232 g/mol. The van der Waals surface area contributed by atoms with Gasteiger partial charge in [-0.2, -0.15) is 4.98 Å². The van der Waals surface area contributed by atoms with Crippen LogP contribution in [0.3, 0.4) is 0 Å². The van der Waals surface area contributed by atoms with E-state index in [0.29, 0.717) is 17.4 Å². The summed E-state index contributed by atoms with van der Waals surface area (Å²) >= 11 is 0. The zero-order chi connectivity index (χ0) is 12.5. The van der Waals surface area contributed by atoms with E-state index in [4.69, 9.17) is 10.3 Å². The molecule has 17 heavy (non-hydrogen) atoms. The Balaban J connectivity index is 2.24. The van der Waals surface area contributed by atoms with Crippen LogP contribution >= 0.6 is 0 Å². The van der Waals surface area contributed by atoms with Gasteiger partial charge in [-0.1, -0.05) is 25.9 Å². The molecular weight excluding hydrogens is 216 g/mol. The average Bonchev–Trinajstić information content (AvgIpc) is 2.63. The maximum atomic E-state index is 5.65. The van der Waals surface area contributed by atoms with Gasteiger partial charge in [-0.3, -0.25) is 4.98 Å². The maximum absolute atomic E-state index is 5.65. The number of hydrogen-bond donors (Lipinski definition) is 1. The van der Waals surface area contributed by atoms with Crippen molar-refractivity contribution in [2.24, 2.45) is 5.41 Å². The van der Waals surface area contributed by atoms with Crippen molar-refractivity contribution in [3.05, 3.63) is 24.3 Å². The van der Waals surface area contributed by atoms with Crippen molar-refractivity contribution >= 4 is 5.69 Å². The van der Waals surface area contributed by atoms with Crippen molar-refractivity contribution in [1.29, 1.82) is 0 Å². The van der Waals surface area contributed by atoms with Gasteiger partial charge in [-0.05, 0) is 11.5 Å². The predicted molar refractivity (Wildman–Crippen MR) is 65.1 cm³/mol. The summed E-state index contributed by atoms with van der Waals surface area (Å²) in [6.07, 6.45) is 4.01. The summed E-state index contributed by atoms with van der Waals surface area (Å²) in [7, 11) is 0. The van der Waals surface area contributed by atoms with E-state index in [1.54, 1.807) is 18.5 Å². The first-order chi connectivity index (χ1) is 7.94. The summed E-state index contributed by atoms with van der Waals surface area (Å²) in [5.74, 6) is 1.17. The van der Waals surface area contributed by atoms with E-state index in [9.17, 15) is 0 Å². The lowest BCUT2D eigenvalue weighted by Gasteiger charge is -2.14. The van der Waals surface area contributed by atoms with Crippen LogP contribution in [0.15, 0.2) is 23.0 Å². The molecule has 0 aliphatic rings. The second-order valence-corrected chi connectivity index (χ2v) is 5.26. The highest BCUT2D eigenvalue weighted by atomic mass is 16.5. The predicted octanol–water partition coefficient (Wildman–Crippen LogP) is 2.30. The second-order valence-electron chi connectivity index (χ2n) is 5.26. The van der Waals surface area contributed by atoms with Crippen molar-refractivity contribution in [3.8, 4) is 11.5 Å². The van der Waals surface area contributed by atoms with E-state index in [1.165, 1.54) is 0 Å². The minimum Gasteiger partial charge on any atom is -0.397 e. The Kier molecular flexibility index (Phi) is 2.83. The van der Waals surface area contributed by atoms with Crippen LogP contribution in [0.5, 0.6) is 0 Å². The van der Waals surface area contributed by atoms with Gasteiger partial charge < -0.3 is 10.3 Å². The lowest BCUT2D eigenvalue weighted by molar-refractivity contribution is 0.374. The Morgan fingerprint density at radius 1 is 1.29 bits per heavy atom. The molecule has 2 rings (SSSR count). The summed E-state index contributed by atoms with van der Waals surface area (Å²) in [4.78, 5) is 8.33. The third-order valence-corrected chi connectivity index (χ3v) is 2.16. The smallest absolute Gasteiger partial charge is 0.259 e. The van der Waals surface area contributed by atoms with Gasteiger partial charge in [0, 0.05) is 18.8 Å². The molecule has 0 aliphatic carbocycles. The first kappa shape index (κ1) is 11.6.